The molecule has 1 amide bonds. The Balaban J connectivity index is 1.95. The number of amides is 1. The number of benzene rings is 1. The van der Waals surface area contributed by atoms with Crippen LogP contribution in [0.2, 0.25) is 0 Å². The van der Waals surface area contributed by atoms with Crippen LogP contribution < -0.4 is 5.32 Å². The van der Waals surface area contributed by atoms with Gasteiger partial charge in [-0.2, -0.15) is 0 Å². The number of carbonyl (C=O) groups is 1. The highest BCUT2D eigenvalue weighted by Crippen LogP contribution is 2.26. The first kappa shape index (κ1) is 18.9. The van der Waals surface area contributed by atoms with Crippen molar-refractivity contribution in [3.05, 3.63) is 29.8 Å². The number of hydrogen-bond acceptors (Lipinski definition) is 4. The summed E-state index contributed by atoms with van der Waals surface area (Å²) in [6, 6.07) is 7.94. The lowest BCUT2D eigenvalue weighted by Gasteiger charge is -2.37. The van der Waals surface area contributed by atoms with Crippen LogP contribution in [0.3, 0.4) is 0 Å². The number of rotatable bonds is 7. The second kappa shape index (κ2) is 9.16. The van der Waals surface area contributed by atoms with Crippen LogP contribution in [-0.2, 0) is 4.79 Å². The number of para-hydroxylation sites is 1. The van der Waals surface area contributed by atoms with Gasteiger partial charge in [0.2, 0.25) is 5.91 Å². The number of aliphatic hydroxyl groups excluding tert-OH is 1. The normalized spacial score (nSPS) is 19.0. The fourth-order valence-electron chi connectivity index (χ4n) is 3.18. The van der Waals surface area contributed by atoms with Gasteiger partial charge in [0.15, 0.2) is 0 Å². The van der Waals surface area contributed by atoms with Crippen LogP contribution in [0.4, 0.5) is 5.69 Å². The molecule has 0 aromatic heterocycles. The fourth-order valence-corrected chi connectivity index (χ4v) is 3.18. The van der Waals surface area contributed by atoms with Gasteiger partial charge in [0, 0.05) is 38.4 Å². The molecule has 134 valence electrons. The standard InChI is InChI=1S/C19H31N3O2/c1-4-15(2)17-7-5-6-8-18(17)20-19(24)16(3)22-11-9-21(10-12-22)13-14-23/h5-8,15-16,23H,4,9-14H2,1-3H3,(H,20,24). The Hall–Kier alpha value is -1.43. The van der Waals surface area contributed by atoms with Crippen molar-refractivity contribution < 1.29 is 9.90 Å². The molecule has 24 heavy (non-hydrogen) atoms. The third-order valence-corrected chi connectivity index (χ3v) is 5.11. The van der Waals surface area contributed by atoms with Gasteiger partial charge >= 0.3 is 0 Å². The molecule has 1 aromatic rings. The topological polar surface area (TPSA) is 55.8 Å². The quantitative estimate of drug-likeness (QED) is 0.803. The van der Waals surface area contributed by atoms with Crippen LogP contribution in [-0.4, -0.2) is 66.2 Å². The molecule has 5 nitrogen and oxygen atoms in total. The summed E-state index contributed by atoms with van der Waals surface area (Å²) in [5.74, 6) is 0.486. The first-order valence-electron chi connectivity index (χ1n) is 9.03. The van der Waals surface area contributed by atoms with E-state index in [1.165, 1.54) is 5.56 Å². The van der Waals surface area contributed by atoms with Crippen LogP contribution in [0.5, 0.6) is 0 Å². The van der Waals surface area contributed by atoms with E-state index in [0.29, 0.717) is 5.92 Å². The summed E-state index contributed by atoms with van der Waals surface area (Å²) in [5, 5.41) is 12.1. The van der Waals surface area contributed by atoms with Crippen LogP contribution >= 0.6 is 0 Å². The smallest absolute Gasteiger partial charge is 0.241 e. The lowest BCUT2D eigenvalue weighted by molar-refractivity contribution is -0.121. The Labute approximate surface area is 145 Å². The molecule has 1 aliphatic heterocycles. The highest BCUT2D eigenvalue weighted by Gasteiger charge is 2.25. The van der Waals surface area contributed by atoms with E-state index >= 15 is 0 Å². The van der Waals surface area contributed by atoms with Gasteiger partial charge in [-0.1, -0.05) is 32.0 Å². The molecule has 0 radical (unpaired) electrons. The average molecular weight is 333 g/mol. The summed E-state index contributed by atoms with van der Waals surface area (Å²) in [4.78, 5) is 17.1. The summed E-state index contributed by atoms with van der Waals surface area (Å²) in [6.07, 6.45) is 1.05. The molecule has 0 aliphatic carbocycles. The third-order valence-electron chi connectivity index (χ3n) is 5.11. The largest absolute Gasteiger partial charge is 0.395 e. The zero-order valence-electron chi connectivity index (χ0n) is 15.2. The molecular weight excluding hydrogens is 302 g/mol. The minimum atomic E-state index is -0.147. The first-order valence-corrected chi connectivity index (χ1v) is 9.03. The lowest BCUT2D eigenvalue weighted by Crippen LogP contribution is -2.53. The lowest BCUT2D eigenvalue weighted by atomic mass is 9.97. The van der Waals surface area contributed by atoms with Gasteiger partial charge in [-0.05, 0) is 30.9 Å². The molecule has 0 spiro atoms. The van der Waals surface area contributed by atoms with Crippen LogP contribution in [0.15, 0.2) is 24.3 Å². The second-order valence-electron chi connectivity index (χ2n) is 6.66. The SMILES string of the molecule is CCC(C)c1ccccc1NC(=O)C(C)N1CCN(CCO)CC1. The first-order chi connectivity index (χ1) is 11.6. The Morgan fingerprint density at radius 3 is 2.50 bits per heavy atom. The summed E-state index contributed by atoms with van der Waals surface area (Å²) in [7, 11) is 0. The van der Waals surface area contributed by atoms with Crippen LogP contribution in [0.25, 0.3) is 0 Å². The third kappa shape index (κ3) is 4.79. The van der Waals surface area contributed by atoms with Gasteiger partial charge in [0.05, 0.1) is 12.6 Å². The van der Waals surface area contributed by atoms with Crippen LogP contribution in [0, 0.1) is 0 Å². The highest BCUT2D eigenvalue weighted by atomic mass is 16.3. The predicted molar refractivity (Wildman–Crippen MR) is 98.3 cm³/mol. The Bertz CT molecular complexity index is 527. The van der Waals surface area contributed by atoms with Gasteiger partial charge in [-0.3, -0.25) is 14.6 Å². The number of aliphatic hydroxyl groups is 1. The van der Waals surface area contributed by atoms with Gasteiger partial charge in [-0.25, -0.2) is 0 Å². The Morgan fingerprint density at radius 2 is 1.88 bits per heavy atom. The Morgan fingerprint density at radius 1 is 1.21 bits per heavy atom. The van der Waals surface area contributed by atoms with Gasteiger partial charge < -0.3 is 10.4 Å². The molecule has 1 fully saturated rings. The summed E-state index contributed by atoms with van der Waals surface area (Å²) in [6.45, 7) is 10.8. The maximum atomic E-state index is 12.7. The molecule has 1 heterocycles. The number of hydrogen-bond donors (Lipinski definition) is 2. The molecular formula is C19H31N3O2. The number of β-amino-alcohol motifs (C(OH)–C–C–N with tert-alkyl or cyclic N) is 1. The number of piperazine rings is 1. The number of carbonyl (C=O) groups excluding carboxylic acids is 1. The molecule has 2 atom stereocenters. The van der Waals surface area contributed by atoms with Gasteiger partial charge in [-0.15, -0.1) is 0 Å². The minimum Gasteiger partial charge on any atom is -0.395 e. The van der Waals surface area contributed by atoms with E-state index < -0.39 is 0 Å². The van der Waals surface area contributed by atoms with Crippen molar-refractivity contribution in [2.24, 2.45) is 0 Å². The number of nitrogens with zero attached hydrogens (tertiary/aromatic N) is 2. The summed E-state index contributed by atoms with van der Waals surface area (Å²) < 4.78 is 0. The maximum absolute atomic E-state index is 12.7. The minimum absolute atomic E-state index is 0.0568. The van der Waals surface area contributed by atoms with E-state index in [-0.39, 0.29) is 18.6 Å². The van der Waals surface area contributed by atoms with Crippen LogP contribution in [0.1, 0.15) is 38.7 Å². The molecule has 0 bridgehead atoms. The predicted octanol–water partition coefficient (Wildman–Crippen LogP) is 2.14. The fraction of sp³-hybridized carbons (Fsp3) is 0.632. The van der Waals surface area contributed by atoms with E-state index in [9.17, 15) is 4.79 Å². The van der Waals surface area contributed by atoms with Gasteiger partial charge in [0.25, 0.3) is 0 Å². The van der Waals surface area contributed by atoms with Crippen molar-refractivity contribution in [3.8, 4) is 0 Å². The molecule has 2 rings (SSSR count). The van der Waals surface area contributed by atoms with E-state index in [0.717, 1.165) is 44.8 Å². The van der Waals surface area contributed by atoms with Crippen molar-refractivity contribution in [2.75, 3.05) is 44.6 Å². The average Bonchev–Trinajstić information content (AvgIpc) is 2.62. The maximum Gasteiger partial charge on any atom is 0.241 e. The number of nitrogens with one attached hydrogen (secondary N) is 1. The molecule has 1 aliphatic rings. The molecule has 0 saturated carbocycles. The summed E-state index contributed by atoms with van der Waals surface area (Å²) >= 11 is 0. The summed E-state index contributed by atoms with van der Waals surface area (Å²) in [5.41, 5.74) is 2.14. The van der Waals surface area contributed by atoms with Crippen molar-refractivity contribution in [1.29, 1.82) is 0 Å². The van der Waals surface area contributed by atoms with E-state index in [2.05, 4.69) is 35.0 Å². The highest BCUT2D eigenvalue weighted by molar-refractivity contribution is 5.95. The van der Waals surface area contributed by atoms with Crippen molar-refractivity contribution >= 4 is 11.6 Å². The molecule has 2 unspecified atom stereocenters. The zero-order valence-corrected chi connectivity index (χ0v) is 15.2. The zero-order chi connectivity index (χ0) is 17.5. The molecule has 1 saturated heterocycles. The van der Waals surface area contributed by atoms with E-state index in [1.54, 1.807) is 0 Å². The molecule has 2 N–H and O–H groups in total. The van der Waals surface area contributed by atoms with Crippen molar-refractivity contribution in [2.45, 2.75) is 39.2 Å². The van der Waals surface area contributed by atoms with E-state index in [4.69, 9.17) is 5.11 Å². The second-order valence-corrected chi connectivity index (χ2v) is 6.66. The number of anilines is 1. The molecule has 5 heteroatoms. The monoisotopic (exact) mass is 333 g/mol. The Kier molecular flexibility index (Phi) is 7.21. The van der Waals surface area contributed by atoms with Gasteiger partial charge in [0.1, 0.15) is 0 Å². The van der Waals surface area contributed by atoms with Crippen molar-refractivity contribution in [3.63, 3.8) is 0 Å². The van der Waals surface area contributed by atoms with E-state index in [1.807, 2.05) is 25.1 Å². The molecule has 1 aromatic carbocycles. The van der Waals surface area contributed by atoms with Crippen molar-refractivity contribution in [1.82, 2.24) is 9.80 Å².